The maximum Gasteiger partial charge on any atom is 0.348 e. The van der Waals surface area contributed by atoms with Gasteiger partial charge in [0, 0.05) is 13.3 Å². The van der Waals surface area contributed by atoms with E-state index in [-0.39, 0.29) is 18.8 Å². The number of alkyl halides is 1. The molecular formula is C12H16ClNO4. The van der Waals surface area contributed by atoms with E-state index < -0.39 is 17.3 Å². The van der Waals surface area contributed by atoms with Crippen molar-refractivity contribution in [1.82, 2.24) is 0 Å². The van der Waals surface area contributed by atoms with Crippen molar-refractivity contribution in [3.05, 3.63) is 11.1 Å². The van der Waals surface area contributed by atoms with Gasteiger partial charge >= 0.3 is 11.9 Å². The van der Waals surface area contributed by atoms with Crippen molar-refractivity contribution in [2.24, 2.45) is 0 Å². The van der Waals surface area contributed by atoms with E-state index in [0.29, 0.717) is 12.0 Å². The van der Waals surface area contributed by atoms with Crippen LogP contribution < -0.4 is 0 Å². The quantitative estimate of drug-likeness (QED) is 0.320. The molecule has 100 valence electrons. The van der Waals surface area contributed by atoms with Gasteiger partial charge in [0.15, 0.2) is 0 Å². The van der Waals surface area contributed by atoms with E-state index in [0.717, 1.165) is 0 Å². The second-order valence-corrected chi connectivity index (χ2v) is 4.01. The van der Waals surface area contributed by atoms with Gasteiger partial charge in [-0.2, -0.15) is 5.26 Å². The third kappa shape index (κ3) is 5.69. The van der Waals surface area contributed by atoms with Gasteiger partial charge in [0.1, 0.15) is 11.6 Å². The fourth-order valence-corrected chi connectivity index (χ4v) is 1.38. The molecule has 0 saturated carbocycles. The number of esters is 2. The third-order valence-corrected chi connectivity index (χ3v) is 2.68. The maximum atomic E-state index is 11.5. The second kappa shape index (κ2) is 8.54. The molecule has 0 fully saturated rings. The Morgan fingerprint density at radius 3 is 2.39 bits per heavy atom. The summed E-state index contributed by atoms with van der Waals surface area (Å²) in [4.78, 5) is 22.0. The molecule has 0 aromatic heterocycles. The Kier molecular flexibility index (Phi) is 7.81. The van der Waals surface area contributed by atoms with Gasteiger partial charge in [0.25, 0.3) is 0 Å². The minimum absolute atomic E-state index is 0.0975. The number of halogens is 1. The molecule has 0 heterocycles. The van der Waals surface area contributed by atoms with Crippen molar-refractivity contribution in [2.45, 2.75) is 32.6 Å². The maximum absolute atomic E-state index is 11.5. The summed E-state index contributed by atoms with van der Waals surface area (Å²) in [7, 11) is 0. The molecule has 0 aliphatic heterocycles. The minimum atomic E-state index is -0.685. The SMILES string of the molecule is CCOC(=O)C(C#N)=C(C)C(Cl)CCOC(C)=O. The first kappa shape index (κ1) is 16.5. The smallest absolute Gasteiger partial charge is 0.348 e. The highest BCUT2D eigenvalue weighted by Crippen LogP contribution is 2.18. The summed E-state index contributed by atoms with van der Waals surface area (Å²) in [6, 6.07) is 1.78. The predicted molar refractivity (Wildman–Crippen MR) is 65.8 cm³/mol. The summed E-state index contributed by atoms with van der Waals surface area (Å²) in [5, 5.41) is 8.35. The average molecular weight is 274 g/mol. The largest absolute Gasteiger partial charge is 0.466 e. The first-order valence-corrected chi connectivity index (χ1v) is 5.93. The lowest BCUT2D eigenvalue weighted by Gasteiger charge is -2.11. The molecular weight excluding hydrogens is 258 g/mol. The molecule has 0 saturated heterocycles. The summed E-state index contributed by atoms with van der Waals surface area (Å²) >= 11 is 6.02. The van der Waals surface area contributed by atoms with Crippen molar-refractivity contribution < 1.29 is 19.1 Å². The zero-order chi connectivity index (χ0) is 14.1. The Morgan fingerprint density at radius 1 is 1.33 bits per heavy atom. The molecule has 5 nitrogen and oxygen atoms in total. The van der Waals surface area contributed by atoms with Crippen LogP contribution in [0.5, 0.6) is 0 Å². The first-order valence-electron chi connectivity index (χ1n) is 5.49. The average Bonchev–Trinajstić information content (AvgIpc) is 2.29. The second-order valence-electron chi connectivity index (χ2n) is 3.49. The summed E-state index contributed by atoms with van der Waals surface area (Å²) in [6.07, 6.45) is 0.331. The highest BCUT2D eigenvalue weighted by Gasteiger charge is 2.19. The number of ether oxygens (including phenoxy) is 2. The van der Waals surface area contributed by atoms with Crippen molar-refractivity contribution in [2.75, 3.05) is 13.2 Å². The lowest BCUT2D eigenvalue weighted by atomic mass is 10.1. The number of nitrogens with zero attached hydrogens (tertiary/aromatic N) is 1. The van der Waals surface area contributed by atoms with Crippen LogP contribution in [0.15, 0.2) is 11.1 Å². The molecule has 0 aromatic carbocycles. The van der Waals surface area contributed by atoms with E-state index in [2.05, 4.69) is 0 Å². The van der Waals surface area contributed by atoms with Crippen LogP contribution in [0.4, 0.5) is 0 Å². The van der Waals surface area contributed by atoms with E-state index >= 15 is 0 Å². The van der Waals surface area contributed by atoms with Crippen LogP contribution in [0.1, 0.15) is 27.2 Å². The van der Waals surface area contributed by atoms with Crippen molar-refractivity contribution in [3.63, 3.8) is 0 Å². The molecule has 1 unspecified atom stereocenters. The lowest BCUT2D eigenvalue weighted by Crippen LogP contribution is -2.14. The number of allylic oxidation sites excluding steroid dienone is 1. The van der Waals surface area contributed by atoms with Crippen LogP contribution in [-0.2, 0) is 19.1 Å². The Labute approximate surface area is 111 Å². The molecule has 0 spiro atoms. The third-order valence-electron chi connectivity index (χ3n) is 2.13. The van der Waals surface area contributed by atoms with Crippen molar-refractivity contribution in [3.8, 4) is 6.07 Å². The van der Waals surface area contributed by atoms with E-state index in [4.69, 9.17) is 26.3 Å². The van der Waals surface area contributed by atoms with E-state index in [9.17, 15) is 9.59 Å². The van der Waals surface area contributed by atoms with E-state index in [1.165, 1.54) is 6.92 Å². The van der Waals surface area contributed by atoms with Gasteiger partial charge < -0.3 is 9.47 Å². The highest BCUT2D eigenvalue weighted by molar-refractivity contribution is 6.22. The van der Waals surface area contributed by atoms with Crippen LogP contribution in [0.2, 0.25) is 0 Å². The zero-order valence-corrected chi connectivity index (χ0v) is 11.4. The molecule has 0 amide bonds. The van der Waals surface area contributed by atoms with Gasteiger partial charge in [-0.3, -0.25) is 4.79 Å². The predicted octanol–water partition coefficient (Wildman–Crippen LogP) is 1.95. The number of rotatable bonds is 6. The molecule has 6 heteroatoms. The van der Waals surface area contributed by atoms with Crippen LogP contribution in [0.3, 0.4) is 0 Å². The molecule has 1 atom stereocenters. The summed E-state index contributed by atoms with van der Waals surface area (Å²) in [6.45, 7) is 4.87. The lowest BCUT2D eigenvalue weighted by molar-refractivity contribution is -0.141. The van der Waals surface area contributed by atoms with Gasteiger partial charge in [0.2, 0.25) is 0 Å². The number of hydrogen-bond donors (Lipinski definition) is 0. The Morgan fingerprint density at radius 2 is 1.94 bits per heavy atom. The van der Waals surface area contributed by atoms with Crippen LogP contribution in [0, 0.1) is 11.3 Å². The number of carbonyl (C=O) groups excluding carboxylic acids is 2. The molecule has 0 aromatic rings. The zero-order valence-electron chi connectivity index (χ0n) is 10.7. The number of nitriles is 1. The summed E-state index contributed by atoms with van der Waals surface area (Å²) in [5.41, 5.74) is 0.324. The fourth-order valence-electron chi connectivity index (χ4n) is 1.18. The van der Waals surface area contributed by atoms with E-state index in [1.807, 2.05) is 0 Å². The molecule has 0 N–H and O–H groups in total. The monoisotopic (exact) mass is 273 g/mol. The highest BCUT2D eigenvalue weighted by atomic mass is 35.5. The standard InChI is InChI=1S/C12H16ClNO4/c1-4-17-12(16)10(7-14)8(2)11(13)5-6-18-9(3)15/h11H,4-6H2,1-3H3. The summed E-state index contributed by atoms with van der Waals surface area (Å²) < 4.78 is 9.48. The van der Waals surface area contributed by atoms with Crippen LogP contribution >= 0.6 is 11.6 Å². The van der Waals surface area contributed by atoms with Gasteiger partial charge in [-0.25, -0.2) is 4.79 Å². The minimum Gasteiger partial charge on any atom is -0.466 e. The van der Waals surface area contributed by atoms with E-state index in [1.54, 1.807) is 19.9 Å². The molecule has 0 aliphatic rings. The van der Waals surface area contributed by atoms with Gasteiger partial charge in [-0.15, -0.1) is 11.6 Å². The molecule has 0 rings (SSSR count). The van der Waals surface area contributed by atoms with Gasteiger partial charge in [-0.05, 0) is 19.4 Å². The Balaban J connectivity index is 4.64. The van der Waals surface area contributed by atoms with Crippen LogP contribution in [0.25, 0.3) is 0 Å². The number of carbonyl (C=O) groups is 2. The van der Waals surface area contributed by atoms with Crippen molar-refractivity contribution in [1.29, 1.82) is 5.26 Å². The topological polar surface area (TPSA) is 76.4 Å². The molecule has 0 radical (unpaired) electrons. The molecule has 0 aliphatic carbocycles. The Bertz CT molecular complexity index is 384. The first-order chi connectivity index (χ1) is 8.43. The van der Waals surface area contributed by atoms with Gasteiger partial charge in [-0.1, -0.05) is 0 Å². The molecule has 18 heavy (non-hydrogen) atoms. The number of hydrogen-bond acceptors (Lipinski definition) is 5. The molecule has 0 bridgehead atoms. The Hall–Kier alpha value is -1.54. The van der Waals surface area contributed by atoms with Gasteiger partial charge in [0.05, 0.1) is 18.6 Å². The van der Waals surface area contributed by atoms with Crippen molar-refractivity contribution >= 4 is 23.5 Å². The summed E-state index contributed by atoms with van der Waals surface area (Å²) in [5.74, 6) is -1.08. The fraction of sp³-hybridized carbons (Fsp3) is 0.583. The van der Waals surface area contributed by atoms with Crippen LogP contribution in [-0.4, -0.2) is 30.5 Å². The normalized spacial score (nSPS) is 13.1.